The number of hydrogen-bond donors (Lipinski definition) is 1. The summed E-state index contributed by atoms with van der Waals surface area (Å²) in [5.74, 6) is 0.114. The minimum absolute atomic E-state index is 0.265. The number of rotatable bonds is 3. The summed E-state index contributed by atoms with van der Waals surface area (Å²) in [6.45, 7) is 1.83. The summed E-state index contributed by atoms with van der Waals surface area (Å²) in [4.78, 5) is 17.0. The summed E-state index contributed by atoms with van der Waals surface area (Å²) in [6.07, 6.45) is 3.25. The number of carbonyl (C=O) groups excluding carboxylic acids is 1. The Balaban J connectivity index is 2.36. The lowest BCUT2D eigenvalue weighted by atomic mass is 10.0. The minimum atomic E-state index is -0.265. The van der Waals surface area contributed by atoms with Crippen LogP contribution in [0.5, 0.6) is 0 Å². The Morgan fingerprint density at radius 1 is 1.50 bits per heavy atom. The fourth-order valence-corrected chi connectivity index (χ4v) is 2.62. The molecule has 6 nitrogen and oxygen atoms in total. The van der Waals surface area contributed by atoms with Crippen LogP contribution in [-0.2, 0) is 7.05 Å². The van der Waals surface area contributed by atoms with Crippen molar-refractivity contribution >= 4 is 23.6 Å². The lowest BCUT2D eigenvalue weighted by Gasteiger charge is -2.11. The van der Waals surface area contributed by atoms with E-state index in [2.05, 4.69) is 21.5 Å². The SMILES string of the molecule is CSc1c(C#N)ccc(C(=O)Nc2ncnn2C)c1C. The van der Waals surface area contributed by atoms with Gasteiger partial charge in [-0.2, -0.15) is 15.3 Å². The lowest BCUT2D eigenvalue weighted by molar-refractivity contribution is 0.102. The molecular formula is C13H13N5OS. The molecule has 0 atom stereocenters. The van der Waals surface area contributed by atoms with Crippen LogP contribution in [-0.4, -0.2) is 26.9 Å². The molecule has 1 N–H and O–H groups in total. The van der Waals surface area contributed by atoms with Gasteiger partial charge in [-0.05, 0) is 30.9 Å². The van der Waals surface area contributed by atoms with Crippen LogP contribution in [0.1, 0.15) is 21.5 Å². The summed E-state index contributed by atoms with van der Waals surface area (Å²) < 4.78 is 1.48. The molecule has 1 heterocycles. The number of anilines is 1. The molecule has 1 aromatic carbocycles. The predicted molar refractivity (Wildman–Crippen MR) is 76.6 cm³/mol. The van der Waals surface area contributed by atoms with Gasteiger partial charge in [-0.25, -0.2) is 4.68 Å². The highest BCUT2D eigenvalue weighted by Crippen LogP contribution is 2.27. The molecule has 20 heavy (non-hydrogen) atoms. The number of aromatic nitrogens is 3. The zero-order chi connectivity index (χ0) is 14.7. The normalized spacial score (nSPS) is 10.1. The number of benzene rings is 1. The third kappa shape index (κ3) is 2.51. The molecule has 0 aliphatic rings. The van der Waals surface area contributed by atoms with E-state index in [0.29, 0.717) is 17.1 Å². The smallest absolute Gasteiger partial charge is 0.258 e. The predicted octanol–water partition coefficient (Wildman–Crippen LogP) is 1.97. The number of amides is 1. The molecule has 2 aromatic rings. The molecule has 7 heteroatoms. The van der Waals surface area contributed by atoms with E-state index in [1.165, 1.54) is 22.8 Å². The first-order valence-corrected chi connectivity index (χ1v) is 7.04. The average Bonchev–Trinajstić information content (AvgIpc) is 2.83. The quantitative estimate of drug-likeness (QED) is 0.872. The minimum Gasteiger partial charge on any atom is -0.291 e. The second-order valence-electron chi connectivity index (χ2n) is 4.09. The molecule has 2 rings (SSSR count). The summed E-state index contributed by atoms with van der Waals surface area (Å²) in [7, 11) is 1.70. The van der Waals surface area contributed by atoms with Crippen molar-refractivity contribution in [3.05, 3.63) is 35.2 Å². The molecule has 102 valence electrons. The van der Waals surface area contributed by atoms with Gasteiger partial charge in [0.25, 0.3) is 5.91 Å². The van der Waals surface area contributed by atoms with Crippen molar-refractivity contribution in [3.8, 4) is 6.07 Å². The molecule has 1 aromatic heterocycles. The first kappa shape index (κ1) is 14.1. The molecule has 0 radical (unpaired) electrons. The molecule has 0 saturated carbocycles. The van der Waals surface area contributed by atoms with Gasteiger partial charge < -0.3 is 0 Å². The van der Waals surface area contributed by atoms with Crippen LogP contribution in [0, 0.1) is 18.3 Å². The van der Waals surface area contributed by atoms with Gasteiger partial charge in [0.05, 0.1) is 5.56 Å². The molecule has 0 spiro atoms. The Kier molecular flexibility index (Phi) is 4.05. The number of nitrogens with zero attached hydrogens (tertiary/aromatic N) is 4. The van der Waals surface area contributed by atoms with Crippen molar-refractivity contribution in [1.29, 1.82) is 5.26 Å². The van der Waals surface area contributed by atoms with Crippen LogP contribution in [0.4, 0.5) is 5.95 Å². The van der Waals surface area contributed by atoms with Crippen LogP contribution < -0.4 is 5.32 Å². The van der Waals surface area contributed by atoms with Gasteiger partial charge in [-0.15, -0.1) is 11.8 Å². The summed E-state index contributed by atoms with van der Waals surface area (Å²) in [6, 6.07) is 5.44. The third-order valence-electron chi connectivity index (χ3n) is 2.91. The number of nitrogens with one attached hydrogen (secondary N) is 1. The van der Waals surface area contributed by atoms with E-state index in [9.17, 15) is 4.79 Å². The van der Waals surface area contributed by atoms with Crippen LogP contribution in [0.2, 0.25) is 0 Å². The van der Waals surface area contributed by atoms with Gasteiger partial charge in [0, 0.05) is 17.5 Å². The van der Waals surface area contributed by atoms with E-state index in [1.807, 2.05) is 13.2 Å². The van der Waals surface area contributed by atoms with Crippen molar-refractivity contribution in [2.75, 3.05) is 11.6 Å². The monoisotopic (exact) mass is 287 g/mol. The molecule has 0 unspecified atom stereocenters. The maximum atomic E-state index is 12.3. The number of thioether (sulfide) groups is 1. The Morgan fingerprint density at radius 2 is 2.25 bits per heavy atom. The van der Waals surface area contributed by atoms with Crippen LogP contribution >= 0.6 is 11.8 Å². The van der Waals surface area contributed by atoms with Crippen LogP contribution in [0.3, 0.4) is 0 Å². The maximum absolute atomic E-state index is 12.3. The second-order valence-corrected chi connectivity index (χ2v) is 4.91. The van der Waals surface area contributed by atoms with E-state index in [1.54, 1.807) is 19.2 Å². The summed E-state index contributed by atoms with van der Waals surface area (Å²) in [5, 5.41) is 15.6. The fraction of sp³-hybridized carbons (Fsp3) is 0.231. The summed E-state index contributed by atoms with van der Waals surface area (Å²) in [5.41, 5.74) is 1.89. The zero-order valence-electron chi connectivity index (χ0n) is 11.3. The van der Waals surface area contributed by atoms with E-state index in [0.717, 1.165) is 10.5 Å². The molecule has 1 amide bonds. The average molecular weight is 287 g/mol. The lowest BCUT2D eigenvalue weighted by Crippen LogP contribution is -2.17. The van der Waals surface area contributed by atoms with E-state index < -0.39 is 0 Å². The highest BCUT2D eigenvalue weighted by molar-refractivity contribution is 7.98. The van der Waals surface area contributed by atoms with Crippen molar-refractivity contribution in [3.63, 3.8) is 0 Å². The van der Waals surface area contributed by atoms with Gasteiger partial charge >= 0.3 is 0 Å². The topological polar surface area (TPSA) is 83.6 Å². The van der Waals surface area contributed by atoms with Crippen molar-refractivity contribution < 1.29 is 4.79 Å². The standard InChI is InChI=1S/C13H13N5OS/c1-8-10(5-4-9(6-14)11(8)20-3)12(19)17-13-15-7-16-18(13)2/h4-5,7H,1-3H3,(H,15,16,17,19). The number of hydrogen-bond acceptors (Lipinski definition) is 5. The van der Waals surface area contributed by atoms with Gasteiger partial charge in [0.2, 0.25) is 5.95 Å². The van der Waals surface area contributed by atoms with Crippen molar-refractivity contribution in [2.24, 2.45) is 7.05 Å². The highest BCUT2D eigenvalue weighted by Gasteiger charge is 2.16. The van der Waals surface area contributed by atoms with E-state index in [-0.39, 0.29) is 5.91 Å². The fourth-order valence-electron chi connectivity index (χ4n) is 1.87. The Labute approximate surface area is 120 Å². The number of carbonyl (C=O) groups is 1. The Bertz CT molecular complexity index is 701. The Morgan fingerprint density at radius 3 is 2.80 bits per heavy atom. The van der Waals surface area contributed by atoms with E-state index in [4.69, 9.17) is 5.26 Å². The van der Waals surface area contributed by atoms with Gasteiger partial charge in [0.15, 0.2) is 0 Å². The molecule has 0 aliphatic carbocycles. The molecule has 0 bridgehead atoms. The van der Waals surface area contributed by atoms with Gasteiger partial charge in [-0.1, -0.05) is 0 Å². The van der Waals surface area contributed by atoms with Gasteiger partial charge in [-0.3, -0.25) is 10.1 Å². The largest absolute Gasteiger partial charge is 0.291 e. The summed E-state index contributed by atoms with van der Waals surface area (Å²) >= 11 is 1.45. The number of nitriles is 1. The highest BCUT2D eigenvalue weighted by atomic mass is 32.2. The zero-order valence-corrected chi connectivity index (χ0v) is 12.2. The molecule has 0 saturated heterocycles. The van der Waals surface area contributed by atoms with Crippen molar-refractivity contribution in [1.82, 2.24) is 14.8 Å². The third-order valence-corrected chi connectivity index (χ3v) is 3.85. The second kappa shape index (κ2) is 5.75. The molecular weight excluding hydrogens is 274 g/mol. The van der Waals surface area contributed by atoms with Crippen molar-refractivity contribution in [2.45, 2.75) is 11.8 Å². The molecule has 0 fully saturated rings. The van der Waals surface area contributed by atoms with E-state index >= 15 is 0 Å². The number of aryl methyl sites for hydroxylation is 1. The first-order valence-electron chi connectivity index (χ1n) is 5.81. The van der Waals surface area contributed by atoms with Crippen LogP contribution in [0.25, 0.3) is 0 Å². The Hall–Kier alpha value is -2.33. The molecule has 0 aliphatic heterocycles. The maximum Gasteiger partial charge on any atom is 0.258 e. The van der Waals surface area contributed by atoms with Gasteiger partial charge in [0.1, 0.15) is 12.4 Å². The first-order chi connectivity index (χ1) is 9.58. The van der Waals surface area contributed by atoms with Crippen LogP contribution in [0.15, 0.2) is 23.4 Å².